The molecule has 0 saturated heterocycles. The van der Waals surface area contributed by atoms with Crippen LogP contribution in [0.3, 0.4) is 0 Å². The van der Waals surface area contributed by atoms with E-state index in [0.29, 0.717) is 22.0 Å². The largest absolute Gasteiger partial charge is 0.456 e. The zero-order valence-corrected chi connectivity index (χ0v) is 17.8. The summed E-state index contributed by atoms with van der Waals surface area (Å²) in [5, 5.41) is 3.85. The van der Waals surface area contributed by atoms with E-state index in [4.69, 9.17) is 16.3 Å². The lowest BCUT2D eigenvalue weighted by Gasteiger charge is -2.21. The van der Waals surface area contributed by atoms with Gasteiger partial charge in [0.15, 0.2) is 0 Å². The molecule has 0 aliphatic heterocycles. The van der Waals surface area contributed by atoms with Gasteiger partial charge in [-0.15, -0.1) is 0 Å². The summed E-state index contributed by atoms with van der Waals surface area (Å²) in [6.45, 7) is 5.45. The maximum absolute atomic E-state index is 13.3. The van der Waals surface area contributed by atoms with E-state index in [0.717, 1.165) is 11.1 Å². The molecule has 0 atom stereocenters. The second-order valence-electron chi connectivity index (χ2n) is 7.79. The van der Waals surface area contributed by atoms with Crippen LogP contribution in [0.15, 0.2) is 66.7 Å². The van der Waals surface area contributed by atoms with Crippen LogP contribution in [-0.4, -0.2) is 11.6 Å². The standard InChI is InChI=1S/C25H23ClFNO2/c1-25(2,3)30-24(29)21-15-9-17(8-10-18-6-4-5-7-22(18)26)16-23(21)28-20-13-11-19(27)12-14-20/h4-16,28H,1-3H3/b10-8+. The molecule has 0 aliphatic carbocycles. The number of nitrogens with one attached hydrogen (secondary N) is 1. The fourth-order valence-corrected chi connectivity index (χ4v) is 2.96. The monoisotopic (exact) mass is 423 g/mol. The van der Waals surface area contributed by atoms with Crippen LogP contribution in [0.1, 0.15) is 42.3 Å². The molecule has 0 fully saturated rings. The topological polar surface area (TPSA) is 38.3 Å². The number of benzene rings is 3. The van der Waals surface area contributed by atoms with Gasteiger partial charge >= 0.3 is 5.97 Å². The van der Waals surface area contributed by atoms with Crippen molar-refractivity contribution in [3.05, 3.63) is 94.3 Å². The van der Waals surface area contributed by atoms with Crippen LogP contribution < -0.4 is 5.32 Å². The van der Waals surface area contributed by atoms with Crippen molar-refractivity contribution in [1.82, 2.24) is 0 Å². The molecule has 1 N–H and O–H groups in total. The van der Waals surface area contributed by atoms with Crippen molar-refractivity contribution in [1.29, 1.82) is 0 Å². The molecule has 0 aromatic heterocycles. The highest BCUT2D eigenvalue weighted by Crippen LogP contribution is 2.26. The van der Waals surface area contributed by atoms with E-state index >= 15 is 0 Å². The number of hydrogen-bond acceptors (Lipinski definition) is 3. The molecule has 0 aliphatic rings. The fourth-order valence-electron chi connectivity index (χ4n) is 2.77. The van der Waals surface area contributed by atoms with E-state index in [1.807, 2.05) is 69.3 Å². The number of rotatable bonds is 5. The highest BCUT2D eigenvalue weighted by Gasteiger charge is 2.20. The predicted octanol–water partition coefficient (Wildman–Crippen LogP) is 7.35. The molecule has 3 aromatic carbocycles. The van der Waals surface area contributed by atoms with Gasteiger partial charge in [0.1, 0.15) is 11.4 Å². The van der Waals surface area contributed by atoms with E-state index in [2.05, 4.69) is 5.32 Å². The molecule has 154 valence electrons. The zero-order valence-electron chi connectivity index (χ0n) is 17.1. The number of hydrogen-bond donors (Lipinski definition) is 1. The third kappa shape index (κ3) is 5.94. The van der Waals surface area contributed by atoms with Crippen molar-refractivity contribution in [2.75, 3.05) is 5.32 Å². The predicted molar refractivity (Wildman–Crippen MR) is 122 cm³/mol. The smallest absolute Gasteiger partial charge is 0.340 e. The molecule has 0 heterocycles. The van der Waals surface area contributed by atoms with Gasteiger partial charge in [-0.3, -0.25) is 0 Å². The number of esters is 1. The summed E-state index contributed by atoms with van der Waals surface area (Å²) in [4.78, 5) is 12.7. The Morgan fingerprint density at radius 3 is 2.37 bits per heavy atom. The number of carbonyl (C=O) groups is 1. The van der Waals surface area contributed by atoms with Crippen LogP contribution in [-0.2, 0) is 4.74 Å². The Hall–Kier alpha value is -3.11. The molecule has 0 unspecified atom stereocenters. The molecule has 3 nitrogen and oxygen atoms in total. The molecule has 5 heteroatoms. The Morgan fingerprint density at radius 2 is 1.70 bits per heavy atom. The summed E-state index contributed by atoms with van der Waals surface area (Å²) in [5.41, 5.74) is 2.76. The van der Waals surface area contributed by atoms with Crippen molar-refractivity contribution in [3.8, 4) is 0 Å². The first-order valence-electron chi connectivity index (χ1n) is 9.54. The van der Waals surface area contributed by atoms with Crippen LogP contribution in [0.5, 0.6) is 0 Å². The van der Waals surface area contributed by atoms with Gasteiger partial charge in [0.25, 0.3) is 0 Å². The lowest BCUT2D eigenvalue weighted by atomic mass is 10.1. The van der Waals surface area contributed by atoms with E-state index in [1.54, 1.807) is 18.2 Å². The minimum absolute atomic E-state index is 0.329. The molecule has 3 aromatic rings. The summed E-state index contributed by atoms with van der Waals surface area (Å²) in [7, 11) is 0. The Kier molecular flexibility index (Phi) is 6.58. The van der Waals surface area contributed by atoms with Gasteiger partial charge < -0.3 is 10.1 Å². The quantitative estimate of drug-likeness (QED) is 0.344. The summed E-state index contributed by atoms with van der Waals surface area (Å²) >= 11 is 6.21. The molecule has 0 saturated carbocycles. The molecule has 0 bridgehead atoms. The lowest BCUT2D eigenvalue weighted by molar-refractivity contribution is 0.00707. The second-order valence-corrected chi connectivity index (χ2v) is 8.20. The van der Waals surface area contributed by atoms with Crippen molar-refractivity contribution >= 4 is 41.1 Å². The maximum atomic E-state index is 13.3. The molecule has 0 amide bonds. The van der Waals surface area contributed by atoms with Gasteiger partial charge in [0, 0.05) is 10.7 Å². The number of anilines is 2. The molecule has 0 spiro atoms. The van der Waals surface area contributed by atoms with Crippen molar-refractivity contribution in [2.24, 2.45) is 0 Å². The van der Waals surface area contributed by atoms with Crippen molar-refractivity contribution in [2.45, 2.75) is 26.4 Å². The van der Waals surface area contributed by atoms with Crippen molar-refractivity contribution in [3.63, 3.8) is 0 Å². The van der Waals surface area contributed by atoms with Crippen LogP contribution in [0.25, 0.3) is 12.2 Å². The first-order valence-corrected chi connectivity index (χ1v) is 9.92. The first kappa shape index (κ1) is 21.6. The number of halogens is 2. The fraction of sp³-hybridized carbons (Fsp3) is 0.160. The average Bonchev–Trinajstić information content (AvgIpc) is 2.68. The van der Waals surface area contributed by atoms with Gasteiger partial charge in [-0.25, -0.2) is 9.18 Å². The number of carbonyl (C=O) groups excluding carboxylic acids is 1. The Balaban J connectivity index is 1.95. The third-order valence-corrected chi connectivity index (χ3v) is 4.49. The normalized spacial score (nSPS) is 11.5. The average molecular weight is 424 g/mol. The number of ether oxygens (including phenoxy) is 1. The lowest BCUT2D eigenvalue weighted by Crippen LogP contribution is -2.24. The van der Waals surface area contributed by atoms with E-state index < -0.39 is 11.6 Å². The van der Waals surface area contributed by atoms with E-state index in [1.165, 1.54) is 12.1 Å². The van der Waals surface area contributed by atoms with Gasteiger partial charge in [0.2, 0.25) is 0 Å². The van der Waals surface area contributed by atoms with E-state index in [-0.39, 0.29) is 5.82 Å². The van der Waals surface area contributed by atoms with Crippen LogP contribution in [0.4, 0.5) is 15.8 Å². The van der Waals surface area contributed by atoms with Gasteiger partial charge in [-0.1, -0.05) is 48.0 Å². The summed E-state index contributed by atoms with van der Waals surface area (Å²) in [6.07, 6.45) is 3.82. The highest BCUT2D eigenvalue weighted by atomic mass is 35.5. The van der Waals surface area contributed by atoms with Crippen molar-refractivity contribution < 1.29 is 13.9 Å². The van der Waals surface area contributed by atoms with Gasteiger partial charge in [0.05, 0.1) is 11.3 Å². The van der Waals surface area contributed by atoms with Gasteiger partial charge in [-0.05, 0) is 74.4 Å². The van der Waals surface area contributed by atoms with Crippen LogP contribution in [0, 0.1) is 5.82 Å². The van der Waals surface area contributed by atoms with Gasteiger partial charge in [-0.2, -0.15) is 0 Å². The summed E-state index contributed by atoms with van der Waals surface area (Å²) < 4.78 is 18.8. The molecule has 3 rings (SSSR count). The Bertz CT molecular complexity index is 1070. The highest BCUT2D eigenvalue weighted by molar-refractivity contribution is 6.32. The SMILES string of the molecule is CC(C)(C)OC(=O)c1ccc(/C=C/c2ccccc2Cl)cc1Nc1ccc(F)cc1. The second kappa shape index (κ2) is 9.14. The maximum Gasteiger partial charge on any atom is 0.340 e. The minimum atomic E-state index is -0.618. The minimum Gasteiger partial charge on any atom is -0.456 e. The summed E-state index contributed by atoms with van der Waals surface area (Å²) in [5.74, 6) is -0.766. The Morgan fingerprint density at radius 1 is 1.00 bits per heavy atom. The first-order chi connectivity index (χ1) is 14.2. The van der Waals surface area contributed by atoms with Crippen LogP contribution in [0.2, 0.25) is 5.02 Å². The van der Waals surface area contributed by atoms with E-state index in [9.17, 15) is 9.18 Å². The molecular weight excluding hydrogens is 401 g/mol. The summed E-state index contributed by atoms with van der Waals surface area (Å²) in [6, 6.07) is 18.9. The molecule has 30 heavy (non-hydrogen) atoms. The van der Waals surface area contributed by atoms with Crippen LogP contribution >= 0.6 is 11.6 Å². The Labute approximate surface area is 181 Å². The molecule has 0 radical (unpaired) electrons. The third-order valence-electron chi connectivity index (χ3n) is 4.15. The molecular formula is C25H23ClFNO2. The zero-order chi connectivity index (χ0) is 21.7.